The van der Waals surface area contributed by atoms with Gasteiger partial charge in [-0.15, -0.1) is 36.2 Å². The Labute approximate surface area is 118 Å². The van der Waals surface area contributed by atoms with Gasteiger partial charge in [0.2, 0.25) is 5.91 Å². The maximum absolute atomic E-state index is 11.5. The minimum absolute atomic E-state index is 0. The lowest BCUT2D eigenvalue weighted by atomic mass is 10.1. The molecule has 0 radical (unpaired) electrons. The zero-order valence-electron chi connectivity index (χ0n) is 9.88. The number of thiazole rings is 1. The van der Waals surface area contributed by atoms with Crippen LogP contribution in [0.15, 0.2) is 10.9 Å². The fraction of sp³-hybridized carbons (Fsp3) is 0.600. The summed E-state index contributed by atoms with van der Waals surface area (Å²) >= 11 is 1.56. The highest BCUT2D eigenvalue weighted by Crippen LogP contribution is 2.01. The van der Waals surface area contributed by atoms with Crippen LogP contribution in [0, 0.1) is 5.92 Å². The molecule has 7 heteroatoms. The van der Waals surface area contributed by atoms with Crippen molar-refractivity contribution in [2.45, 2.75) is 26.3 Å². The molecule has 0 spiro atoms. The summed E-state index contributed by atoms with van der Waals surface area (Å²) in [4.78, 5) is 15.6. The van der Waals surface area contributed by atoms with E-state index in [-0.39, 0.29) is 36.6 Å². The maximum Gasteiger partial charge on any atom is 0.237 e. The molecule has 4 nitrogen and oxygen atoms in total. The van der Waals surface area contributed by atoms with Crippen LogP contribution < -0.4 is 11.1 Å². The van der Waals surface area contributed by atoms with E-state index < -0.39 is 6.04 Å². The number of nitrogens with one attached hydrogen (secondary N) is 1. The zero-order chi connectivity index (χ0) is 11.3. The number of hydrogen-bond donors (Lipinski definition) is 2. The molecule has 1 amide bonds. The molecule has 1 atom stereocenters. The second-order valence-corrected chi connectivity index (χ2v) is 4.51. The minimum Gasteiger partial charge on any atom is -0.354 e. The summed E-state index contributed by atoms with van der Waals surface area (Å²) < 4.78 is 0. The number of aromatic nitrogens is 1. The predicted octanol–water partition coefficient (Wildman–Crippen LogP) is 1.63. The van der Waals surface area contributed by atoms with Gasteiger partial charge >= 0.3 is 0 Å². The van der Waals surface area contributed by atoms with Crippen molar-refractivity contribution >= 4 is 42.1 Å². The molecule has 0 bridgehead atoms. The Balaban J connectivity index is 0. The largest absolute Gasteiger partial charge is 0.354 e. The summed E-state index contributed by atoms with van der Waals surface area (Å²) in [7, 11) is 0. The van der Waals surface area contributed by atoms with Gasteiger partial charge in [-0.1, -0.05) is 13.8 Å². The third kappa shape index (κ3) is 6.83. The van der Waals surface area contributed by atoms with E-state index in [0.717, 1.165) is 12.1 Å². The molecule has 0 saturated carbocycles. The summed E-state index contributed by atoms with van der Waals surface area (Å²) in [5.74, 6) is 0.0875. The molecule has 0 fully saturated rings. The van der Waals surface area contributed by atoms with E-state index in [1.165, 1.54) is 0 Å². The van der Waals surface area contributed by atoms with Crippen molar-refractivity contribution in [2.75, 3.05) is 6.54 Å². The topological polar surface area (TPSA) is 68.0 Å². The third-order valence-corrected chi connectivity index (χ3v) is 2.82. The Morgan fingerprint density at radius 2 is 2.18 bits per heavy atom. The highest BCUT2D eigenvalue weighted by molar-refractivity contribution is 7.07. The highest BCUT2D eigenvalue weighted by Gasteiger charge is 2.16. The second kappa shape index (κ2) is 9.65. The van der Waals surface area contributed by atoms with E-state index >= 15 is 0 Å². The fourth-order valence-corrected chi connectivity index (χ4v) is 1.69. The van der Waals surface area contributed by atoms with Gasteiger partial charge < -0.3 is 11.1 Å². The Bertz CT molecular complexity index is 307. The van der Waals surface area contributed by atoms with Crippen molar-refractivity contribution in [1.82, 2.24) is 10.3 Å². The van der Waals surface area contributed by atoms with Gasteiger partial charge in [-0.05, 0) is 5.92 Å². The van der Waals surface area contributed by atoms with Crippen molar-refractivity contribution < 1.29 is 4.79 Å². The van der Waals surface area contributed by atoms with Gasteiger partial charge in [-0.3, -0.25) is 4.79 Å². The summed E-state index contributed by atoms with van der Waals surface area (Å²) in [5, 5.41) is 4.78. The number of nitrogens with two attached hydrogens (primary N) is 1. The molecule has 0 aliphatic carbocycles. The molecule has 1 aromatic rings. The molecule has 0 aliphatic rings. The normalized spacial score (nSPS) is 11.3. The molecule has 0 unspecified atom stereocenters. The SMILES string of the molecule is CC(C)[C@H](N)C(=O)NCCc1cscn1.Cl.Cl. The van der Waals surface area contributed by atoms with Gasteiger partial charge in [0.15, 0.2) is 0 Å². The maximum atomic E-state index is 11.5. The minimum atomic E-state index is -0.416. The first kappa shape index (κ1) is 19.0. The third-order valence-electron chi connectivity index (χ3n) is 2.18. The van der Waals surface area contributed by atoms with E-state index in [4.69, 9.17) is 5.73 Å². The van der Waals surface area contributed by atoms with Crippen LogP contribution in [0.4, 0.5) is 0 Å². The first-order valence-corrected chi connectivity index (χ1v) is 5.96. The van der Waals surface area contributed by atoms with Gasteiger partial charge in [0.25, 0.3) is 0 Å². The molecule has 0 aromatic carbocycles. The van der Waals surface area contributed by atoms with Crippen molar-refractivity contribution in [3.8, 4) is 0 Å². The van der Waals surface area contributed by atoms with Gasteiger partial charge in [0, 0.05) is 18.3 Å². The fourth-order valence-electron chi connectivity index (χ4n) is 1.10. The highest BCUT2D eigenvalue weighted by atomic mass is 35.5. The molecular formula is C10H19Cl2N3OS. The van der Waals surface area contributed by atoms with Crippen LogP contribution in [0.25, 0.3) is 0 Å². The molecule has 1 rings (SSSR count). The van der Waals surface area contributed by atoms with E-state index in [1.807, 2.05) is 19.2 Å². The summed E-state index contributed by atoms with van der Waals surface area (Å²) in [6, 6.07) is -0.416. The van der Waals surface area contributed by atoms with Crippen LogP contribution in [0.5, 0.6) is 0 Å². The second-order valence-electron chi connectivity index (χ2n) is 3.79. The lowest BCUT2D eigenvalue weighted by molar-refractivity contribution is -0.123. The quantitative estimate of drug-likeness (QED) is 0.868. The molecule has 0 saturated heterocycles. The van der Waals surface area contributed by atoms with Gasteiger partial charge in [0.05, 0.1) is 17.2 Å². The number of amides is 1. The zero-order valence-corrected chi connectivity index (χ0v) is 12.3. The van der Waals surface area contributed by atoms with Crippen molar-refractivity contribution in [3.05, 3.63) is 16.6 Å². The standard InChI is InChI=1S/C10H17N3OS.2ClH/c1-7(2)9(11)10(14)12-4-3-8-5-15-6-13-8;;/h5-7,9H,3-4,11H2,1-2H3,(H,12,14);2*1H/t9-;;/m0../s1. The molecule has 1 aromatic heterocycles. The first-order valence-electron chi connectivity index (χ1n) is 5.01. The number of nitrogens with zero attached hydrogens (tertiary/aromatic N) is 1. The smallest absolute Gasteiger partial charge is 0.237 e. The van der Waals surface area contributed by atoms with Crippen LogP contribution in [0.3, 0.4) is 0 Å². The number of carbonyl (C=O) groups is 1. The van der Waals surface area contributed by atoms with E-state index in [0.29, 0.717) is 6.54 Å². The summed E-state index contributed by atoms with van der Waals surface area (Å²) in [5.41, 5.74) is 8.49. The number of carbonyl (C=O) groups excluding carboxylic acids is 1. The number of rotatable bonds is 5. The summed E-state index contributed by atoms with van der Waals surface area (Å²) in [6.45, 7) is 4.47. The Kier molecular flexibility index (Phi) is 10.8. The average molecular weight is 300 g/mol. The molecular weight excluding hydrogens is 281 g/mol. The molecule has 3 N–H and O–H groups in total. The monoisotopic (exact) mass is 299 g/mol. The number of halogens is 2. The van der Waals surface area contributed by atoms with Crippen LogP contribution >= 0.6 is 36.2 Å². The lowest BCUT2D eigenvalue weighted by Gasteiger charge is -2.14. The Morgan fingerprint density at radius 3 is 2.65 bits per heavy atom. The molecule has 100 valence electrons. The van der Waals surface area contributed by atoms with Crippen molar-refractivity contribution in [3.63, 3.8) is 0 Å². The Morgan fingerprint density at radius 1 is 1.53 bits per heavy atom. The average Bonchev–Trinajstić information content (AvgIpc) is 2.69. The van der Waals surface area contributed by atoms with Gasteiger partial charge in [-0.2, -0.15) is 0 Å². The summed E-state index contributed by atoms with van der Waals surface area (Å²) in [6.07, 6.45) is 0.764. The number of hydrogen-bond acceptors (Lipinski definition) is 4. The van der Waals surface area contributed by atoms with Crippen molar-refractivity contribution in [2.24, 2.45) is 11.7 Å². The van der Waals surface area contributed by atoms with Crippen LogP contribution in [0.1, 0.15) is 19.5 Å². The molecule has 0 aliphatic heterocycles. The Hall–Kier alpha value is -0.360. The van der Waals surface area contributed by atoms with Crippen LogP contribution in [-0.4, -0.2) is 23.5 Å². The molecule has 1 heterocycles. The van der Waals surface area contributed by atoms with Gasteiger partial charge in [-0.25, -0.2) is 4.98 Å². The van der Waals surface area contributed by atoms with Crippen LogP contribution in [0.2, 0.25) is 0 Å². The van der Waals surface area contributed by atoms with Gasteiger partial charge in [0.1, 0.15) is 0 Å². The lowest BCUT2D eigenvalue weighted by Crippen LogP contribution is -2.44. The van der Waals surface area contributed by atoms with E-state index in [9.17, 15) is 4.79 Å². The predicted molar refractivity (Wildman–Crippen MR) is 76.1 cm³/mol. The van der Waals surface area contributed by atoms with E-state index in [2.05, 4.69) is 10.3 Å². The van der Waals surface area contributed by atoms with Crippen molar-refractivity contribution in [1.29, 1.82) is 0 Å². The van der Waals surface area contributed by atoms with Crippen LogP contribution in [-0.2, 0) is 11.2 Å². The first-order chi connectivity index (χ1) is 7.11. The van der Waals surface area contributed by atoms with E-state index in [1.54, 1.807) is 16.8 Å². The molecule has 17 heavy (non-hydrogen) atoms.